The Morgan fingerprint density at radius 3 is 2.68 bits per heavy atom. The van der Waals surface area contributed by atoms with Crippen molar-refractivity contribution in [2.24, 2.45) is 5.92 Å². The third-order valence-corrected chi connectivity index (χ3v) is 3.99. The quantitative estimate of drug-likeness (QED) is 0.860. The van der Waals surface area contributed by atoms with Gasteiger partial charge in [0.15, 0.2) is 0 Å². The van der Waals surface area contributed by atoms with Crippen molar-refractivity contribution in [2.45, 2.75) is 26.7 Å². The van der Waals surface area contributed by atoms with Crippen molar-refractivity contribution in [3.05, 3.63) is 47.9 Å². The Morgan fingerprint density at radius 1 is 1.41 bits per heavy atom. The number of halogens is 1. The molecule has 1 unspecified atom stereocenters. The van der Waals surface area contributed by atoms with Crippen molar-refractivity contribution < 1.29 is 4.39 Å². The van der Waals surface area contributed by atoms with Crippen molar-refractivity contribution in [1.29, 1.82) is 0 Å². The number of hydrogen-bond donors (Lipinski definition) is 1. The van der Waals surface area contributed by atoms with Gasteiger partial charge in [-0.25, -0.2) is 4.98 Å². The molecule has 1 N–H and O–H groups in total. The minimum atomic E-state index is -0.435. The van der Waals surface area contributed by atoms with Gasteiger partial charge in [0.25, 0.3) is 0 Å². The fraction of sp³-hybridized carbons (Fsp3) is 0.389. The molecule has 1 aliphatic heterocycles. The van der Waals surface area contributed by atoms with E-state index in [1.807, 2.05) is 30.3 Å². The lowest BCUT2D eigenvalue weighted by atomic mass is 9.93. The number of anilines is 1. The van der Waals surface area contributed by atoms with Crippen LogP contribution in [0.2, 0.25) is 0 Å². The van der Waals surface area contributed by atoms with E-state index in [1.165, 1.54) is 5.56 Å². The lowest BCUT2D eigenvalue weighted by Crippen LogP contribution is -2.17. The summed E-state index contributed by atoms with van der Waals surface area (Å²) in [7, 11) is 1.98. The van der Waals surface area contributed by atoms with Gasteiger partial charge in [-0.1, -0.05) is 33.9 Å². The van der Waals surface area contributed by atoms with Gasteiger partial charge in [-0.3, -0.25) is 4.39 Å². The molecule has 2 heterocycles. The standard InChI is InChI=1S/C18H24FN3/c1-11(2)15-9-17(20-13(4)12(3)10-19)21-16-7-8-22(6)14(5)18(15)16/h7-9,11-12H,4-5,10H2,1-3,6H3,(H,20,21). The normalized spacial score (nSPS) is 15.0. The molecule has 0 spiro atoms. The first-order valence-electron chi connectivity index (χ1n) is 7.52. The minimum absolute atomic E-state index is 0.239. The Labute approximate surface area is 132 Å². The van der Waals surface area contributed by atoms with Crippen LogP contribution in [0.25, 0.3) is 11.8 Å². The van der Waals surface area contributed by atoms with Crippen LogP contribution in [0.4, 0.5) is 10.2 Å². The van der Waals surface area contributed by atoms with Gasteiger partial charge in [0.1, 0.15) is 5.82 Å². The highest BCUT2D eigenvalue weighted by Gasteiger charge is 2.21. The average molecular weight is 301 g/mol. The van der Waals surface area contributed by atoms with Crippen LogP contribution >= 0.6 is 0 Å². The fourth-order valence-electron chi connectivity index (χ4n) is 2.37. The molecule has 1 aromatic rings. The Morgan fingerprint density at radius 2 is 2.09 bits per heavy atom. The van der Waals surface area contributed by atoms with Crippen LogP contribution < -0.4 is 5.32 Å². The molecule has 0 aromatic carbocycles. The Kier molecular flexibility index (Phi) is 4.69. The number of hydrogen-bond acceptors (Lipinski definition) is 3. The van der Waals surface area contributed by atoms with Gasteiger partial charge in [0.2, 0.25) is 0 Å². The fourth-order valence-corrected chi connectivity index (χ4v) is 2.37. The topological polar surface area (TPSA) is 28.2 Å². The second kappa shape index (κ2) is 6.34. The predicted molar refractivity (Wildman–Crippen MR) is 92.1 cm³/mol. The van der Waals surface area contributed by atoms with Gasteiger partial charge in [-0.05, 0) is 23.6 Å². The first kappa shape index (κ1) is 16.3. The van der Waals surface area contributed by atoms with E-state index >= 15 is 0 Å². The summed E-state index contributed by atoms with van der Waals surface area (Å²) in [5, 5.41) is 3.14. The molecule has 0 aliphatic carbocycles. The molecule has 118 valence electrons. The Balaban J connectivity index is 2.45. The van der Waals surface area contributed by atoms with E-state index in [0.29, 0.717) is 17.4 Å². The summed E-state index contributed by atoms with van der Waals surface area (Å²) in [4.78, 5) is 6.62. The highest BCUT2D eigenvalue weighted by Crippen LogP contribution is 2.34. The molecular formula is C18H24FN3. The summed E-state index contributed by atoms with van der Waals surface area (Å²) >= 11 is 0. The van der Waals surface area contributed by atoms with Crippen molar-refractivity contribution in [2.75, 3.05) is 19.0 Å². The molecule has 0 saturated carbocycles. The van der Waals surface area contributed by atoms with Crippen LogP contribution in [0, 0.1) is 5.92 Å². The second-order valence-electron chi connectivity index (χ2n) is 6.09. The van der Waals surface area contributed by atoms with Gasteiger partial charge < -0.3 is 10.2 Å². The number of pyridine rings is 1. The van der Waals surface area contributed by atoms with Crippen LogP contribution in [-0.4, -0.2) is 23.6 Å². The highest BCUT2D eigenvalue weighted by molar-refractivity contribution is 5.78. The maximum Gasteiger partial charge on any atom is 0.131 e. The summed E-state index contributed by atoms with van der Waals surface area (Å²) < 4.78 is 12.8. The summed E-state index contributed by atoms with van der Waals surface area (Å²) in [6.07, 6.45) is 3.92. The maximum absolute atomic E-state index is 12.8. The molecule has 22 heavy (non-hydrogen) atoms. The number of rotatable bonds is 5. The number of fused-ring (bicyclic) bond motifs is 1. The van der Waals surface area contributed by atoms with E-state index in [1.54, 1.807) is 6.92 Å². The van der Waals surface area contributed by atoms with Gasteiger partial charge in [-0.15, -0.1) is 0 Å². The summed E-state index contributed by atoms with van der Waals surface area (Å²) in [6.45, 7) is 13.7. The number of nitrogens with zero attached hydrogens (tertiary/aromatic N) is 2. The van der Waals surface area contributed by atoms with Crippen LogP contribution in [0.3, 0.4) is 0 Å². The zero-order valence-electron chi connectivity index (χ0n) is 13.8. The monoisotopic (exact) mass is 301 g/mol. The summed E-state index contributed by atoms with van der Waals surface area (Å²) in [6, 6.07) is 2.01. The molecule has 1 aromatic heterocycles. The molecule has 1 aliphatic rings. The molecule has 0 amide bonds. The Bertz CT molecular complexity index is 631. The first-order chi connectivity index (χ1) is 10.3. The molecule has 4 heteroatoms. The van der Waals surface area contributed by atoms with E-state index < -0.39 is 6.67 Å². The lowest BCUT2D eigenvalue weighted by molar-refractivity contribution is 0.419. The largest absolute Gasteiger partial charge is 0.351 e. The van der Waals surface area contributed by atoms with Crippen LogP contribution in [0.5, 0.6) is 0 Å². The summed E-state index contributed by atoms with van der Waals surface area (Å²) in [5.74, 6) is 0.799. The molecule has 0 fully saturated rings. The van der Waals surface area contributed by atoms with Gasteiger partial charge in [0.05, 0.1) is 12.4 Å². The zero-order valence-corrected chi connectivity index (χ0v) is 13.8. The van der Waals surface area contributed by atoms with E-state index in [0.717, 1.165) is 17.0 Å². The minimum Gasteiger partial charge on any atom is -0.351 e. The van der Waals surface area contributed by atoms with E-state index in [-0.39, 0.29) is 5.92 Å². The molecule has 0 radical (unpaired) electrons. The second-order valence-corrected chi connectivity index (χ2v) is 6.09. The van der Waals surface area contributed by atoms with Crippen LogP contribution in [0.1, 0.15) is 43.5 Å². The lowest BCUT2D eigenvalue weighted by Gasteiger charge is -2.27. The van der Waals surface area contributed by atoms with Gasteiger partial charge in [-0.2, -0.15) is 0 Å². The number of alkyl halides is 1. The molecule has 1 atom stereocenters. The first-order valence-corrected chi connectivity index (χ1v) is 7.52. The summed E-state index contributed by atoms with van der Waals surface area (Å²) in [5.41, 5.74) is 4.72. The van der Waals surface area contributed by atoms with E-state index in [2.05, 4.69) is 37.3 Å². The predicted octanol–water partition coefficient (Wildman–Crippen LogP) is 4.62. The number of nitrogens with one attached hydrogen (secondary N) is 1. The van der Waals surface area contributed by atoms with Crippen molar-refractivity contribution in [1.82, 2.24) is 9.88 Å². The van der Waals surface area contributed by atoms with Gasteiger partial charge in [0, 0.05) is 36.1 Å². The third-order valence-electron chi connectivity index (χ3n) is 3.99. The average Bonchev–Trinajstić information content (AvgIpc) is 2.49. The Hall–Kier alpha value is -2.10. The number of aromatic nitrogens is 1. The smallest absolute Gasteiger partial charge is 0.131 e. The third kappa shape index (κ3) is 3.06. The van der Waals surface area contributed by atoms with Crippen molar-refractivity contribution >= 4 is 17.6 Å². The van der Waals surface area contributed by atoms with E-state index in [4.69, 9.17) is 0 Å². The van der Waals surface area contributed by atoms with Crippen molar-refractivity contribution in [3.8, 4) is 0 Å². The molecule has 3 nitrogen and oxygen atoms in total. The molecular weight excluding hydrogens is 277 g/mol. The van der Waals surface area contributed by atoms with Gasteiger partial charge >= 0.3 is 0 Å². The maximum atomic E-state index is 12.8. The van der Waals surface area contributed by atoms with E-state index in [9.17, 15) is 4.39 Å². The highest BCUT2D eigenvalue weighted by atomic mass is 19.1. The SMILES string of the molecule is C=C(Nc1cc(C(C)C)c2c(n1)C=CN(C)C2=C)C(C)CF. The molecule has 0 bridgehead atoms. The molecule has 0 saturated heterocycles. The number of allylic oxidation sites excluding steroid dienone is 1. The van der Waals surface area contributed by atoms with Crippen LogP contribution in [-0.2, 0) is 0 Å². The molecule has 2 rings (SSSR count). The van der Waals surface area contributed by atoms with Crippen LogP contribution in [0.15, 0.2) is 31.1 Å². The zero-order chi connectivity index (χ0) is 16.4. The van der Waals surface area contributed by atoms with Crippen molar-refractivity contribution in [3.63, 3.8) is 0 Å².